The van der Waals surface area contributed by atoms with Gasteiger partial charge in [-0.15, -0.1) is 0 Å². The van der Waals surface area contributed by atoms with Crippen LogP contribution in [0.15, 0.2) is 43.0 Å². The van der Waals surface area contributed by atoms with E-state index >= 15 is 0 Å². The van der Waals surface area contributed by atoms with Crippen LogP contribution in [-0.2, 0) is 14.2 Å². The maximum absolute atomic E-state index is 10.7. The van der Waals surface area contributed by atoms with Gasteiger partial charge in [-0.2, -0.15) is 0 Å². The number of fused-ring (bicyclic) bond motifs is 2. The SMILES string of the molecule is Nc1ncnc2c1ncn2[C@@H]1O[C@@H]2COC(c3ccccc3)O[C@H]2[C@H](O)C[C@H]1O. The van der Waals surface area contributed by atoms with Crippen LogP contribution < -0.4 is 5.73 Å². The smallest absolute Gasteiger partial charge is 0.184 e. The van der Waals surface area contributed by atoms with Crippen molar-refractivity contribution in [1.82, 2.24) is 19.5 Å². The molecule has 2 aliphatic rings. The number of anilines is 1. The molecule has 2 fully saturated rings. The Balaban J connectivity index is 1.43. The second-order valence-electron chi connectivity index (χ2n) is 7.20. The van der Waals surface area contributed by atoms with Gasteiger partial charge in [-0.05, 0) is 0 Å². The first-order valence-corrected chi connectivity index (χ1v) is 9.38. The Morgan fingerprint density at radius 3 is 2.69 bits per heavy atom. The molecule has 4 N–H and O–H groups in total. The molecule has 1 aromatic carbocycles. The van der Waals surface area contributed by atoms with Crippen LogP contribution in [0, 0.1) is 0 Å². The number of aliphatic hydroxyl groups is 2. The largest absolute Gasteiger partial charge is 0.390 e. The standard InChI is InChI=1S/C19H21N5O5/c20-16-14-17(22-8-21-16)24(9-23-14)18-12(26)6-11(25)15-13(28-18)7-27-19(29-15)10-4-2-1-3-5-10/h1-5,8-9,11-13,15,18-19,25-26H,6-7H2,(H2,20,21,22)/t11-,12-,13-,15+,18-,19?/m1/s1. The third kappa shape index (κ3) is 3.24. The molecule has 152 valence electrons. The summed E-state index contributed by atoms with van der Waals surface area (Å²) in [5.74, 6) is 0.241. The van der Waals surface area contributed by atoms with E-state index in [2.05, 4.69) is 15.0 Å². The van der Waals surface area contributed by atoms with Gasteiger partial charge in [-0.1, -0.05) is 30.3 Å². The predicted octanol–water partition coefficient (Wildman–Crippen LogP) is 0.532. The summed E-state index contributed by atoms with van der Waals surface area (Å²) in [6.07, 6.45) is -1.72. The number of imidazole rings is 1. The van der Waals surface area contributed by atoms with Crippen LogP contribution in [0.2, 0.25) is 0 Å². The van der Waals surface area contributed by atoms with E-state index in [4.69, 9.17) is 19.9 Å². The number of ether oxygens (including phenoxy) is 3. The van der Waals surface area contributed by atoms with Gasteiger partial charge >= 0.3 is 0 Å². The zero-order valence-corrected chi connectivity index (χ0v) is 15.4. The lowest BCUT2D eigenvalue weighted by Gasteiger charge is -2.37. The van der Waals surface area contributed by atoms with Crippen molar-refractivity contribution in [1.29, 1.82) is 0 Å². The van der Waals surface area contributed by atoms with Crippen LogP contribution in [-0.4, -0.2) is 60.8 Å². The molecular formula is C19H21N5O5. The fraction of sp³-hybridized carbons (Fsp3) is 0.421. The fourth-order valence-electron chi connectivity index (χ4n) is 3.86. The van der Waals surface area contributed by atoms with Gasteiger partial charge < -0.3 is 30.2 Å². The lowest BCUT2D eigenvalue weighted by atomic mass is 10.0. The molecule has 10 heteroatoms. The van der Waals surface area contributed by atoms with Crippen molar-refractivity contribution >= 4 is 17.0 Å². The van der Waals surface area contributed by atoms with E-state index < -0.39 is 36.9 Å². The summed E-state index contributed by atoms with van der Waals surface area (Å²) in [5, 5.41) is 21.4. The predicted molar refractivity (Wildman–Crippen MR) is 100 cm³/mol. The first kappa shape index (κ1) is 18.4. The molecule has 29 heavy (non-hydrogen) atoms. The van der Waals surface area contributed by atoms with Crippen molar-refractivity contribution in [3.63, 3.8) is 0 Å². The van der Waals surface area contributed by atoms with Crippen molar-refractivity contribution < 1.29 is 24.4 Å². The van der Waals surface area contributed by atoms with Crippen LogP contribution in [0.3, 0.4) is 0 Å². The molecule has 0 radical (unpaired) electrons. The summed E-state index contributed by atoms with van der Waals surface area (Å²) in [6, 6.07) is 9.49. The Bertz CT molecular complexity index is 999. The number of aromatic nitrogens is 4. The minimum absolute atomic E-state index is 0.0631. The summed E-state index contributed by atoms with van der Waals surface area (Å²) in [6.45, 7) is 0.203. The zero-order chi connectivity index (χ0) is 20.0. The van der Waals surface area contributed by atoms with Gasteiger partial charge in [-0.3, -0.25) is 4.57 Å². The number of benzene rings is 1. The average Bonchev–Trinajstić information content (AvgIpc) is 3.12. The van der Waals surface area contributed by atoms with Crippen LogP contribution >= 0.6 is 0 Å². The van der Waals surface area contributed by atoms with Crippen LogP contribution in [0.1, 0.15) is 24.5 Å². The Kier molecular flexibility index (Phi) is 4.64. The summed E-state index contributed by atoms with van der Waals surface area (Å²) < 4.78 is 19.6. The quantitative estimate of drug-likeness (QED) is 0.563. The minimum Gasteiger partial charge on any atom is -0.390 e. The third-order valence-corrected chi connectivity index (χ3v) is 5.30. The first-order valence-electron chi connectivity index (χ1n) is 9.38. The van der Waals surface area contributed by atoms with Gasteiger partial charge in [0.15, 0.2) is 24.0 Å². The molecule has 0 amide bonds. The molecule has 2 saturated heterocycles. The van der Waals surface area contributed by atoms with Gasteiger partial charge in [0.05, 0.1) is 19.0 Å². The van der Waals surface area contributed by atoms with Crippen molar-refractivity contribution in [2.24, 2.45) is 0 Å². The third-order valence-electron chi connectivity index (χ3n) is 5.30. The minimum atomic E-state index is -1.01. The normalized spacial score (nSPS) is 32.6. The van der Waals surface area contributed by atoms with E-state index in [0.717, 1.165) is 5.56 Å². The first-order chi connectivity index (χ1) is 14.1. The molecule has 5 rings (SSSR count). The molecule has 2 aromatic heterocycles. The highest BCUT2D eigenvalue weighted by Crippen LogP contribution is 2.36. The average molecular weight is 399 g/mol. The zero-order valence-electron chi connectivity index (χ0n) is 15.4. The highest BCUT2D eigenvalue weighted by molar-refractivity contribution is 5.81. The summed E-state index contributed by atoms with van der Waals surface area (Å²) in [5.41, 5.74) is 7.57. The lowest BCUT2D eigenvalue weighted by Crippen LogP contribution is -2.47. The molecule has 10 nitrogen and oxygen atoms in total. The number of nitrogens with zero attached hydrogens (tertiary/aromatic N) is 4. The molecule has 6 atom stereocenters. The fourth-order valence-corrected chi connectivity index (χ4v) is 3.86. The lowest BCUT2D eigenvalue weighted by molar-refractivity contribution is -0.288. The number of nitrogen functional groups attached to an aromatic ring is 1. The highest BCUT2D eigenvalue weighted by atomic mass is 16.7. The molecular weight excluding hydrogens is 378 g/mol. The van der Waals surface area contributed by atoms with Crippen LogP contribution in [0.5, 0.6) is 0 Å². The van der Waals surface area contributed by atoms with Gasteiger partial charge in [0, 0.05) is 12.0 Å². The van der Waals surface area contributed by atoms with Gasteiger partial charge in [0.1, 0.15) is 30.2 Å². The Hall–Kier alpha value is -2.63. The maximum atomic E-state index is 10.7. The molecule has 0 aliphatic carbocycles. The summed E-state index contributed by atoms with van der Waals surface area (Å²) >= 11 is 0. The van der Waals surface area contributed by atoms with Crippen molar-refractivity contribution in [3.8, 4) is 0 Å². The molecule has 3 aromatic rings. The second kappa shape index (κ2) is 7.32. The van der Waals surface area contributed by atoms with E-state index in [1.807, 2.05) is 30.3 Å². The van der Waals surface area contributed by atoms with E-state index in [1.165, 1.54) is 12.7 Å². The van der Waals surface area contributed by atoms with Gasteiger partial charge in [-0.25, -0.2) is 15.0 Å². The van der Waals surface area contributed by atoms with E-state index in [0.29, 0.717) is 11.2 Å². The van der Waals surface area contributed by atoms with E-state index in [1.54, 1.807) is 4.57 Å². The Morgan fingerprint density at radius 2 is 1.86 bits per heavy atom. The molecule has 2 aliphatic heterocycles. The number of hydrogen-bond donors (Lipinski definition) is 3. The van der Waals surface area contributed by atoms with Crippen LogP contribution in [0.25, 0.3) is 11.2 Å². The van der Waals surface area contributed by atoms with Gasteiger partial charge in [0.25, 0.3) is 0 Å². The number of hydrogen-bond acceptors (Lipinski definition) is 9. The molecule has 0 saturated carbocycles. The number of rotatable bonds is 2. The van der Waals surface area contributed by atoms with Crippen molar-refractivity contribution in [2.45, 2.75) is 43.4 Å². The summed E-state index contributed by atoms with van der Waals surface area (Å²) in [4.78, 5) is 12.4. The molecule has 0 bridgehead atoms. The van der Waals surface area contributed by atoms with Crippen molar-refractivity contribution in [2.75, 3.05) is 12.3 Å². The van der Waals surface area contributed by atoms with Crippen molar-refractivity contribution in [3.05, 3.63) is 48.5 Å². The number of nitrogens with two attached hydrogens (primary N) is 1. The van der Waals surface area contributed by atoms with Gasteiger partial charge in [0.2, 0.25) is 0 Å². The topological polar surface area (TPSA) is 138 Å². The Labute approximate surface area is 165 Å². The number of aliphatic hydroxyl groups excluding tert-OH is 2. The van der Waals surface area contributed by atoms with Crippen LogP contribution in [0.4, 0.5) is 5.82 Å². The van der Waals surface area contributed by atoms with E-state index in [-0.39, 0.29) is 18.8 Å². The van der Waals surface area contributed by atoms with E-state index in [9.17, 15) is 10.2 Å². The molecule has 0 spiro atoms. The maximum Gasteiger partial charge on any atom is 0.184 e. The summed E-state index contributed by atoms with van der Waals surface area (Å²) in [7, 11) is 0. The molecule has 4 heterocycles. The Morgan fingerprint density at radius 1 is 1.03 bits per heavy atom. The second-order valence-corrected chi connectivity index (χ2v) is 7.20. The molecule has 1 unspecified atom stereocenters. The monoisotopic (exact) mass is 399 g/mol. The highest BCUT2D eigenvalue weighted by Gasteiger charge is 2.45.